The van der Waals surface area contributed by atoms with Crippen LogP contribution in [-0.4, -0.2) is 14.9 Å². The Bertz CT molecular complexity index is 964. The summed E-state index contributed by atoms with van der Waals surface area (Å²) in [5.74, 6) is 0.113. The van der Waals surface area contributed by atoms with Crippen molar-refractivity contribution in [3.63, 3.8) is 0 Å². The largest absolute Gasteiger partial charge is 0.330 e. The molecule has 0 aliphatic heterocycles. The highest BCUT2D eigenvalue weighted by atomic mass is 79.9. The molecule has 0 saturated heterocycles. The van der Waals surface area contributed by atoms with E-state index in [0.717, 1.165) is 5.56 Å². The molecule has 2 N–H and O–H groups in total. The molecular weight excluding hydrogens is 462 g/mol. The Hall–Kier alpha value is -1.67. The van der Waals surface area contributed by atoms with Crippen molar-refractivity contribution in [3.05, 3.63) is 74.6 Å². The maximum atomic E-state index is 13.7. The number of thiocarbonyl (C=S) groups is 1. The Labute approximate surface area is 173 Å². The third kappa shape index (κ3) is 4.73. The van der Waals surface area contributed by atoms with Gasteiger partial charge in [0.05, 0.1) is 16.7 Å². The minimum Gasteiger partial charge on any atom is -0.330 e. The Morgan fingerprint density at radius 2 is 1.96 bits per heavy atom. The highest BCUT2D eigenvalue weighted by Gasteiger charge is 2.11. The number of aromatic nitrogens is 2. The summed E-state index contributed by atoms with van der Waals surface area (Å²) < 4.78 is 16.1. The molecule has 0 unspecified atom stereocenters. The quantitative estimate of drug-likeness (QED) is 0.459. The van der Waals surface area contributed by atoms with Crippen LogP contribution in [0.15, 0.2) is 53.1 Å². The highest BCUT2D eigenvalue weighted by Crippen LogP contribution is 2.25. The number of nitrogens with one attached hydrogen (secondary N) is 2. The van der Waals surface area contributed by atoms with E-state index in [1.807, 2.05) is 6.07 Å². The summed E-state index contributed by atoms with van der Waals surface area (Å²) in [4.78, 5) is 0. The van der Waals surface area contributed by atoms with Crippen molar-refractivity contribution in [1.29, 1.82) is 0 Å². The number of rotatable bonds is 4. The van der Waals surface area contributed by atoms with Gasteiger partial charge in [-0.25, -0.2) is 4.39 Å². The lowest BCUT2D eigenvalue weighted by Crippen LogP contribution is -2.20. The third-order valence-corrected chi connectivity index (χ3v) is 4.79. The zero-order chi connectivity index (χ0) is 18.7. The molecule has 1 heterocycles. The van der Waals surface area contributed by atoms with Crippen LogP contribution in [0.3, 0.4) is 0 Å². The molecule has 3 aromatic rings. The van der Waals surface area contributed by atoms with Gasteiger partial charge in [0.1, 0.15) is 5.82 Å². The van der Waals surface area contributed by atoms with E-state index in [0.29, 0.717) is 26.9 Å². The number of para-hydroxylation sites is 1. The zero-order valence-electron chi connectivity index (χ0n) is 13.1. The molecule has 0 aliphatic rings. The average Bonchev–Trinajstić information content (AvgIpc) is 2.92. The van der Waals surface area contributed by atoms with Crippen LogP contribution in [0.4, 0.5) is 15.9 Å². The van der Waals surface area contributed by atoms with E-state index in [-0.39, 0.29) is 10.8 Å². The lowest BCUT2D eigenvalue weighted by atomic mass is 10.2. The van der Waals surface area contributed by atoms with Crippen molar-refractivity contribution in [3.8, 4) is 0 Å². The number of halogens is 4. The number of benzene rings is 2. The van der Waals surface area contributed by atoms with E-state index in [4.69, 9.17) is 35.4 Å². The molecule has 4 nitrogen and oxygen atoms in total. The first-order valence-electron chi connectivity index (χ1n) is 7.42. The number of anilines is 2. The second-order valence-electron chi connectivity index (χ2n) is 5.32. The van der Waals surface area contributed by atoms with Crippen LogP contribution < -0.4 is 10.6 Å². The molecule has 9 heteroatoms. The molecule has 0 atom stereocenters. The summed E-state index contributed by atoms with van der Waals surface area (Å²) in [6, 6.07) is 11.6. The summed E-state index contributed by atoms with van der Waals surface area (Å²) in [6.45, 7) is 0.462. The summed E-state index contributed by atoms with van der Waals surface area (Å²) in [6.07, 6.45) is 1.79. The first-order chi connectivity index (χ1) is 12.4. The van der Waals surface area contributed by atoms with Crippen LogP contribution in [0, 0.1) is 5.82 Å². The minimum atomic E-state index is -0.390. The van der Waals surface area contributed by atoms with Crippen LogP contribution in [0.1, 0.15) is 5.56 Å². The second kappa shape index (κ2) is 8.35. The van der Waals surface area contributed by atoms with Gasteiger partial charge in [0.15, 0.2) is 10.9 Å². The number of hydrogen-bond acceptors (Lipinski definition) is 2. The molecule has 2 aromatic carbocycles. The maximum absolute atomic E-state index is 13.7. The highest BCUT2D eigenvalue weighted by molar-refractivity contribution is 9.10. The lowest BCUT2D eigenvalue weighted by molar-refractivity contribution is 0.632. The van der Waals surface area contributed by atoms with E-state index < -0.39 is 5.82 Å². The van der Waals surface area contributed by atoms with Gasteiger partial charge in [-0.05, 0) is 58.0 Å². The molecule has 0 amide bonds. The molecule has 0 bridgehead atoms. The Balaban J connectivity index is 1.70. The van der Waals surface area contributed by atoms with Crippen LogP contribution in [0.2, 0.25) is 10.0 Å². The van der Waals surface area contributed by atoms with Gasteiger partial charge in [-0.2, -0.15) is 5.10 Å². The first-order valence-corrected chi connectivity index (χ1v) is 9.37. The molecule has 0 spiro atoms. The second-order valence-corrected chi connectivity index (χ2v) is 7.42. The Morgan fingerprint density at radius 1 is 1.19 bits per heavy atom. The van der Waals surface area contributed by atoms with Gasteiger partial charge in [0, 0.05) is 16.2 Å². The molecule has 1 aromatic heterocycles. The number of nitrogens with zero attached hydrogens (tertiary/aromatic N) is 2. The topological polar surface area (TPSA) is 41.9 Å². The first kappa shape index (κ1) is 19.1. The van der Waals surface area contributed by atoms with Gasteiger partial charge in [-0.15, -0.1) is 0 Å². The van der Waals surface area contributed by atoms with Crippen molar-refractivity contribution in [1.82, 2.24) is 9.78 Å². The summed E-state index contributed by atoms with van der Waals surface area (Å²) in [5, 5.41) is 11.5. The molecule has 26 heavy (non-hydrogen) atoms. The maximum Gasteiger partial charge on any atom is 0.176 e. The van der Waals surface area contributed by atoms with E-state index >= 15 is 0 Å². The smallest absolute Gasteiger partial charge is 0.176 e. The van der Waals surface area contributed by atoms with E-state index in [1.54, 1.807) is 41.2 Å². The van der Waals surface area contributed by atoms with Gasteiger partial charge in [-0.1, -0.05) is 41.4 Å². The molecule has 134 valence electrons. The van der Waals surface area contributed by atoms with Crippen LogP contribution in [0.5, 0.6) is 0 Å². The van der Waals surface area contributed by atoms with E-state index in [2.05, 4.69) is 31.7 Å². The minimum absolute atomic E-state index is 0.227. The van der Waals surface area contributed by atoms with E-state index in [9.17, 15) is 4.39 Å². The Kier molecular flexibility index (Phi) is 6.13. The molecule has 0 fully saturated rings. The normalized spacial score (nSPS) is 10.6. The van der Waals surface area contributed by atoms with Crippen molar-refractivity contribution in [2.75, 3.05) is 10.6 Å². The van der Waals surface area contributed by atoms with Crippen LogP contribution >= 0.6 is 51.3 Å². The average molecular weight is 474 g/mol. The molecule has 3 rings (SSSR count). The summed E-state index contributed by atoms with van der Waals surface area (Å²) >= 11 is 20.8. The SMILES string of the molecule is Fc1ccccc1NC(=S)Nc1nn(Cc2ccc(Cl)cc2Cl)cc1Br. The van der Waals surface area contributed by atoms with E-state index in [1.165, 1.54) is 6.07 Å². The zero-order valence-corrected chi connectivity index (χ0v) is 17.1. The fourth-order valence-electron chi connectivity index (χ4n) is 2.21. The van der Waals surface area contributed by atoms with Gasteiger partial charge in [0.2, 0.25) is 0 Å². The molecule has 0 saturated carbocycles. The van der Waals surface area contributed by atoms with Crippen molar-refractivity contribution in [2.45, 2.75) is 6.54 Å². The standard InChI is InChI=1S/C17H12BrCl2FN4S/c18-12-9-25(8-10-5-6-11(19)7-13(10)20)24-16(12)23-17(26)22-15-4-2-1-3-14(15)21/h1-7,9H,8H2,(H2,22,23,24,26). The Morgan fingerprint density at radius 3 is 2.69 bits per heavy atom. The predicted molar refractivity (Wildman–Crippen MR) is 112 cm³/mol. The number of hydrogen-bond donors (Lipinski definition) is 2. The molecule has 0 aliphatic carbocycles. The van der Waals surface area contributed by atoms with Crippen LogP contribution in [-0.2, 0) is 6.54 Å². The van der Waals surface area contributed by atoms with Gasteiger partial charge < -0.3 is 10.6 Å². The third-order valence-electron chi connectivity index (χ3n) is 3.42. The van der Waals surface area contributed by atoms with Gasteiger partial charge >= 0.3 is 0 Å². The lowest BCUT2D eigenvalue weighted by Gasteiger charge is -2.09. The monoisotopic (exact) mass is 472 g/mol. The summed E-state index contributed by atoms with van der Waals surface area (Å²) in [5.41, 5.74) is 1.16. The van der Waals surface area contributed by atoms with Crippen molar-refractivity contribution < 1.29 is 4.39 Å². The van der Waals surface area contributed by atoms with Crippen molar-refractivity contribution in [2.24, 2.45) is 0 Å². The molecular formula is C17H12BrCl2FN4S. The van der Waals surface area contributed by atoms with Crippen molar-refractivity contribution >= 4 is 68.0 Å². The van der Waals surface area contributed by atoms with Gasteiger partial charge in [-0.3, -0.25) is 4.68 Å². The fraction of sp³-hybridized carbons (Fsp3) is 0.0588. The summed E-state index contributed by atoms with van der Waals surface area (Å²) in [7, 11) is 0. The van der Waals surface area contributed by atoms with Crippen LogP contribution in [0.25, 0.3) is 0 Å². The molecule has 0 radical (unpaired) electrons. The van der Waals surface area contributed by atoms with Gasteiger partial charge in [0.25, 0.3) is 0 Å². The fourth-order valence-corrected chi connectivity index (χ4v) is 3.30. The predicted octanol–water partition coefficient (Wildman–Crippen LogP) is 5.95.